The Morgan fingerprint density at radius 3 is 2.04 bits per heavy atom. The van der Waals surface area contributed by atoms with E-state index in [9.17, 15) is 25.5 Å². The zero-order valence-corrected chi connectivity index (χ0v) is 16.5. The summed E-state index contributed by atoms with van der Waals surface area (Å²) in [5.74, 6) is 0. The molecule has 1 heterocycles. The van der Waals surface area contributed by atoms with E-state index in [1.165, 1.54) is 39.5 Å². The fourth-order valence-electron chi connectivity index (χ4n) is 2.78. The Labute approximate surface area is 157 Å². The molecule has 1 aliphatic rings. The fraction of sp³-hybridized carbons (Fsp3) is 0.611. The van der Waals surface area contributed by atoms with Gasteiger partial charge < -0.3 is 25.5 Å². The van der Waals surface area contributed by atoms with Gasteiger partial charge in [0.15, 0.2) is 0 Å². The van der Waals surface area contributed by atoms with Gasteiger partial charge in [-0.15, -0.1) is 0 Å². The van der Waals surface area contributed by atoms with E-state index in [2.05, 4.69) is 10.5 Å². The summed E-state index contributed by atoms with van der Waals surface area (Å²) in [7, 11) is 0. The van der Waals surface area contributed by atoms with Crippen LogP contribution in [0.1, 0.15) is 38.8 Å². The van der Waals surface area contributed by atoms with Gasteiger partial charge in [0.05, 0.1) is 6.61 Å². The lowest BCUT2D eigenvalue weighted by Gasteiger charge is -2.53. The highest BCUT2D eigenvalue weighted by Crippen LogP contribution is 2.44. The van der Waals surface area contributed by atoms with E-state index >= 15 is 0 Å². The van der Waals surface area contributed by atoms with Crippen molar-refractivity contribution < 1.29 is 25.5 Å². The summed E-state index contributed by atoms with van der Waals surface area (Å²) in [6.07, 6.45) is 0. The average Bonchev–Trinajstić information content (AvgIpc) is 3.05. The van der Waals surface area contributed by atoms with Crippen LogP contribution in [-0.2, 0) is 0 Å². The van der Waals surface area contributed by atoms with Gasteiger partial charge in [0.25, 0.3) is 0 Å². The Morgan fingerprint density at radius 2 is 1.54 bits per heavy atom. The first-order chi connectivity index (χ1) is 11.8. The topological polar surface area (TPSA) is 126 Å². The van der Waals surface area contributed by atoms with Crippen LogP contribution in [0.5, 0.6) is 0 Å². The molecule has 146 valence electrons. The van der Waals surface area contributed by atoms with Crippen LogP contribution in [0.25, 0.3) is 0 Å². The molecule has 0 unspecified atom stereocenters. The summed E-state index contributed by atoms with van der Waals surface area (Å²) >= 11 is 1.21. The minimum atomic E-state index is -2.22. The van der Waals surface area contributed by atoms with Gasteiger partial charge in [0, 0.05) is 5.56 Å². The Hall–Kier alpha value is -1.16. The number of rotatable bonds is 6. The SMILES string of the molecule is Cc1ccc(C2=NN[C@H]([C@](C)(O)[C@](C)(O)[C@@](C)(O)[C@](C)(O)CO)S2)cc1. The number of hydrazone groups is 1. The molecule has 7 nitrogen and oxygen atoms in total. The molecule has 1 aliphatic heterocycles. The maximum absolute atomic E-state index is 11.1. The number of aryl methyl sites for hydroxylation is 1. The molecule has 0 aromatic heterocycles. The lowest BCUT2D eigenvalue weighted by molar-refractivity contribution is -0.286. The molecule has 8 heteroatoms. The van der Waals surface area contributed by atoms with E-state index in [0.29, 0.717) is 5.04 Å². The fourth-order valence-corrected chi connectivity index (χ4v) is 3.94. The number of aliphatic hydroxyl groups is 5. The first-order valence-electron chi connectivity index (χ1n) is 8.35. The highest BCUT2D eigenvalue weighted by molar-refractivity contribution is 8.15. The summed E-state index contributed by atoms with van der Waals surface area (Å²) in [5, 5.41) is 56.7. The largest absolute Gasteiger partial charge is 0.393 e. The van der Waals surface area contributed by atoms with Gasteiger partial charge in [-0.2, -0.15) is 5.10 Å². The molecule has 0 spiro atoms. The molecule has 0 fully saturated rings. The number of aliphatic hydroxyl groups excluding tert-OH is 1. The molecule has 2 rings (SSSR count). The third-order valence-corrected chi connectivity index (χ3v) is 6.96. The van der Waals surface area contributed by atoms with E-state index in [-0.39, 0.29) is 0 Å². The van der Waals surface area contributed by atoms with Crippen LogP contribution in [0.15, 0.2) is 29.4 Å². The highest BCUT2D eigenvalue weighted by atomic mass is 32.2. The number of hydrogen-bond acceptors (Lipinski definition) is 8. The van der Waals surface area contributed by atoms with E-state index < -0.39 is 34.4 Å². The molecule has 26 heavy (non-hydrogen) atoms. The molecule has 1 aromatic rings. The van der Waals surface area contributed by atoms with Crippen LogP contribution >= 0.6 is 11.8 Å². The van der Waals surface area contributed by atoms with Crippen molar-refractivity contribution in [2.24, 2.45) is 5.10 Å². The number of nitrogens with zero attached hydrogens (tertiary/aromatic N) is 1. The molecule has 0 saturated heterocycles. The zero-order chi connectivity index (χ0) is 20.0. The number of thioether (sulfide) groups is 1. The number of hydrogen-bond donors (Lipinski definition) is 6. The molecule has 0 bridgehead atoms. The van der Waals surface area contributed by atoms with Crippen molar-refractivity contribution in [1.82, 2.24) is 5.43 Å². The summed E-state index contributed by atoms with van der Waals surface area (Å²) in [6.45, 7) is 6.14. The van der Waals surface area contributed by atoms with Crippen LogP contribution in [0.4, 0.5) is 0 Å². The second-order valence-electron chi connectivity index (χ2n) is 7.63. The van der Waals surface area contributed by atoms with Crippen molar-refractivity contribution in [2.75, 3.05) is 6.61 Å². The van der Waals surface area contributed by atoms with Gasteiger partial charge in [-0.05, 0) is 34.6 Å². The van der Waals surface area contributed by atoms with E-state index in [0.717, 1.165) is 11.1 Å². The Kier molecular flexibility index (Phi) is 5.51. The molecule has 0 saturated carbocycles. The smallest absolute Gasteiger partial charge is 0.127 e. The van der Waals surface area contributed by atoms with Gasteiger partial charge in [0.1, 0.15) is 32.8 Å². The van der Waals surface area contributed by atoms with Crippen molar-refractivity contribution in [2.45, 2.75) is 62.4 Å². The van der Waals surface area contributed by atoms with Crippen LogP contribution in [0.3, 0.4) is 0 Å². The third-order valence-electron chi connectivity index (χ3n) is 5.61. The highest BCUT2D eigenvalue weighted by Gasteiger charge is 2.64. The van der Waals surface area contributed by atoms with Gasteiger partial charge in [0.2, 0.25) is 0 Å². The number of benzene rings is 1. The minimum Gasteiger partial charge on any atom is -0.393 e. The van der Waals surface area contributed by atoms with E-state index in [4.69, 9.17) is 0 Å². The molecule has 6 N–H and O–H groups in total. The Bertz CT molecular complexity index is 683. The first-order valence-corrected chi connectivity index (χ1v) is 9.23. The minimum absolute atomic E-state index is 0.639. The monoisotopic (exact) mass is 384 g/mol. The van der Waals surface area contributed by atoms with Crippen LogP contribution < -0.4 is 5.43 Å². The van der Waals surface area contributed by atoms with E-state index in [1.54, 1.807) is 0 Å². The molecular formula is C18H28N2O5S. The summed E-state index contributed by atoms with van der Waals surface area (Å²) in [6, 6.07) is 7.71. The molecule has 1 aromatic carbocycles. The normalized spacial score (nSPS) is 26.7. The quantitative estimate of drug-likeness (QED) is 0.417. The standard InChI is InChI=1S/C18H28N2O5S/c1-11-6-8-12(9-7-11)13-19-20-14(26-13)16(3,23)18(5,25)17(4,24)15(2,22)10-21/h6-9,14,20-25H,10H2,1-5H3/t14-,15+,16-,17-,18-/m0/s1. The number of nitrogens with one attached hydrogen (secondary N) is 1. The summed E-state index contributed by atoms with van der Waals surface area (Å²) < 4.78 is 0. The van der Waals surface area contributed by atoms with E-state index in [1.807, 2.05) is 31.2 Å². The van der Waals surface area contributed by atoms with Gasteiger partial charge in [-0.1, -0.05) is 41.6 Å². The average molecular weight is 384 g/mol. The molecular weight excluding hydrogens is 356 g/mol. The molecule has 0 aliphatic carbocycles. The maximum atomic E-state index is 11.1. The van der Waals surface area contributed by atoms with Crippen LogP contribution in [0, 0.1) is 6.92 Å². The second-order valence-corrected chi connectivity index (χ2v) is 8.73. The Morgan fingerprint density at radius 1 is 1.00 bits per heavy atom. The van der Waals surface area contributed by atoms with Gasteiger partial charge >= 0.3 is 0 Å². The van der Waals surface area contributed by atoms with Gasteiger partial charge in [-0.3, -0.25) is 5.43 Å². The van der Waals surface area contributed by atoms with Crippen molar-refractivity contribution in [3.63, 3.8) is 0 Å². The predicted octanol–water partition coefficient (Wildman–Crippen LogP) is 0.315. The molecule has 0 radical (unpaired) electrons. The van der Waals surface area contributed by atoms with Crippen molar-refractivity contribution in [3.05, 3.63) is 35.4 Å². The van der Waals surface area contributed by atoms with Crippen molar-refractivity contribution in [1.29, 1.82) is 0 Å². The van der Waals surface area contributed by atoms with Crippen molar-refractivity contribution in [3.8, 4) is 0 Å². The third kappa shape index (κ3) is 3.26. The molecule has 5 atom stereocenters. The van der Waals surface area contributed by atoms with Gasteiger partial charge in [-0.25, -0.2) is 0 Å². The first kappa shape index (κ1) is 21.1. The van der Waals surface area contributed by atoms with Crippen molar-refractivity contribution >= 4 is 16.8 Å². The lowest BCUT2D eigenvalue weighted by atomic mass is 9.66. The van der Waals surface area contributed by atoms with Crippen LogP contribution in [-0.4, -0.2) is 65.0 Å². The Balaban J connectivity index is 2.26. The predicted molar refractivity (Wildman–Crippen MR) is 102 cm³/mol. The molecule has 0 amide bonds. The second kappa shape index (κ2) is 6.78. The zero-order valence-electron chi connectivity index (χ0n) is 15.7. The maximum Gasteiger partial charge on any atom is 0.127 e. The summed E-state index contributed by atoms with van der Waals surface area (Å²) in [4.78, 5) is 0. The lowest BCUT2D eigenvalue weighted by Crippen LogP contribution is -2.75. The summed E-state index contributed by atoms with van der Waals surface area (Å²) in [5.41, 5.74) is -3.58. The van der Waals surface area contributed by atoms with Crippen LogP contribution in [0.2, 0.25) is 0 Å².